The fourth-order valence-electron chi connectivity index (χ4n) is 3.09. The lowest BCUT2D eigenvalue weighted by atomic mass is 10.1. The van der Waals surface area contributed by atoms with Crippen LogP contribution in [-0.4, -0.2) is 69.5 Å². The van der Waals surface area contributed by atoms with E-state index in [0.29, 0.717) is 0 Å². The molecule has 154 valence electrons. The molecule has 1 aromatic rings. The number of amides is 3. The van der Waals surface area contributed by atoms with Gasteiger partial charge in [0.05, 0.1) is 11.8 Å². The molecule has 2 heterocycles. The fourth-order valence-corrected chi connectivity index (χ4v) is 3.09. The van der Waals surface area contributed by atoms with E-state index in [1.807, 2.05) is 0 Å². The second-order valence-corrected chi connectivity index (χ2v) is 7.28. The molecule has 1 N–H and O–H groups in total. The van der Waals surface area contributed by atoms with Crippen molar-refractivity contribution < 1.29 is 27.6 Å². The number of aromatic nitrogens is 2. The lowest BCUT2D eigenvalue weighted by molar-refractivity contribution is -0.146. The highest BCUT2D eigenvalue weighted by Gasteiger charge is 2.42. The summed E-state index contributed by atoms with van der Waals surface area (Å²) in [5.41, 5.74) is -1.58. The van der Waals surface area contributed by atoms with Crippen LogP contribution in [0.3, 0.4) is 0 Å². The zero-order valence-corrected chi connectivity index (χ0v) is 15.6. The van der Waals surface area contributed by atoms with Gasteiger partial charge in [0.2, 0.25) is 0 Å². The fraction of sp³-hybridized carbons (Fsp3) is 0.647. The van der Waals surface area contributed by atoms with Crippen molar-refractivity contribution in [1.82, 2.24) is 24.9 Å². The first kappa shape index (κ1) is 20.2. The Bertz CT molecular complexity index is 777. The number of rotatable bonds is 3. The van der Waals surface area contributed by atoms with Crippen molar-refractivity contribution in [3.05, 3.63) is 17.5 Å². The monoisotopic (exact) mass is 401 g/mol. The Morgan fingerprint density at radius 1 is 1.11 bits per heavy atom. The van der Waals surface area contributed by atoms with Crippen LogP contribution in [0, 0.1) is 0 Å². The predicted octanol–water partition coefficient (Wildman–Crippen LogP) is 1.05. The van der Waals surface area contributed by atoms with Crippen molar-refractivity contribution in [3.63, 3.8) is 0 Å². The van der Waals surface area contributed by atoms with Crippen LogP contribution >= 0.6 is 0 Å². The summed E-state index contributed by atoms with van der Waals surface area (Å²) < 4.78 is 41.2. The lowest BCUT2D eigenvalue weighted by Crippen LogP contribution is -2.54. The zero-order valence-electron chi connectivity index (χ0n) is 15.6. The van der Waals surface area contributed by atoms with Gasteiger partial charge >= 0.3 is 18.0 Å². The first-order valence-electron chi connectivity index (χ1n) is 9.13. The Labute approximate surface area is 159 Å². The summed E-state index contributed by atoms with van der Waals surface area (Å²) in [7, 11) is 0. The molecule has 0 radical (unpaired) electrons. The molecule has 0 bridgehead atoms. The Morgan fingerprint density at radius 3 is 2.18 bits per heavy atom. The van der Waals surface area contributed by atoms with Crippen molar-refractivity contribution in [2.24, 2.45) is 0 Å². The zero-order chi connectivity index (χ0) is 20.6. The van der Waals surface area contributed by atoms with Crippen LogP contribution in [0.1, 0.15) is 48.8 Å². The topological polar surface area (TPSA) is 87.5 Å². The van der Waals surface area contributed by atoms with Gasteiger partial charge in [-0.3, -0.25) is 19.1 Å². The minimum Gasteiger partial charge on any atom is -0.345 e. The molecule has 28 heavy (non-hydrogen) atoms. The van der Waals surface area contributed by atoms with Crippen LogP contribution in [0.4, 0.5) is 13.2 Å². The van der Waals surface area contributed by atoms with E-state index < -0.39 is 41.2 Å². The van der Waals surface area contributed by atoms with Crippen LogP contribution in [0.5, 0.6) is 0 Å². The second kappa shape index (κ2) is 7.44. The molecule has 3 amide bonds. The molecule has 3 rings (SSSR count). The van der Waals surface area contributed by atoms with Crippen LogP contribution in [-0.2, 0) is 15.8 Å². The molecule has 0 spiro atoms. The van der Waals surface area contributed by atoms with E-state index in [-0.39, 0.29) is 32.2 Å². The van der Waals surface area contributed by atoms with E-state index in [1.54, 1.807) is 13.8 Å². The van der Waals surface area contributed by atoms with Crippen molar-refractivity contribution in [2.75, 3.05) is 26.2 Å². The van der Waals surface area contributed by atoms with Crippen LogP contribution in [0.2, 0.25) is 0 Å². The first-order valence-corrected chi connectivity index (χ1v) is 9.13. The van der Waals surface area contributed by atoms with Gasteiger partial charge in [0, 0.05) is 38.3 Å². The largest absolute Gasteiger partial charge is 0.433 e. The number of nitrogens with zero attached hydrogens (tertiary/aromatic N) is 4. The molecule has 8 nitrogen and oxygen atoms in total. The molecular formula is C17H22F3N5O3. The van der Waals surface area contributed by atoms with Gasteiger partial charge in [-0.05, 0) is 26.7 Å². The molecule has 0 aromatic carbocycles. The number of halogens is 3. The van der Waals surface area contributed by atoms with E-state index in [4.69, 9.17) is 0 Å². The smallest absolute Gasteiger partial charge is 0.345 e. The average molecular weight is 401 g/mol. The van der Waals surface area contributed by atoms with Gasteiger partial charge in [0.1, 0.15) is 0 Å². The predicted molar refractivity (Wildman–Crippen MR) is 91.3 cm³/mol. The summed E-state index contributed by atoms with van der Waals surface area (Å²) in [4.78, 5) is 39.2. The summed E-state index contributed by atoms with van der Waals surface area (Å²) in [6.07, 6.45) is -2.07. The number of carbonyl (C=O) groups is 3. The normalized spacial score (nSPS) is 17.8. The first-order chi connectivity index (χ1) is 13.1. The molecule has 1 aliphatic heterocycles. The maximum atomic E-state index is 13.5. The van der Waals surface area contributed by atoms with Crippen molar-refractivity contribution in [3.8, 4) is 0 Å². The van der Waals surface area contributed by atoms with E-state index in [2.05, 4.69) is 10.4 Å². The molecule has 1 aromatic heterocycles. The number of piperazine rings is 1. The Morgan fingerprint density at radius 2 is 1.68 bits per heavy atom. The Balaban J connectivity index is 1.67. The van der Waals surface area contributed by atoms with Gasteiger partial charge in [-0.15, -0.1) is 0 Å². The molecule has 11 heteroatoms. The summed E-state index contributed by atoms with van der Waals surface area (Å²) in [5, 5.41) is 6.33. The third-order valence-corrected chi connectivity index (χ3v) is 4.74. The highest BCUT2D eigenvalue weighted by atomic mass is 19.4. The lowest BCUT2D eigenvalue weighted by Gasteiger charge is -2.34. The van der Waals surface area contributed by atoms with Crippen molar-refractivity contribution in [2.45, 2.75) is 44.9 Å². The van der Waals surface area contributed by atoms with Gasteiger partial charge in [-0.1, -0.05) is 0 Å². The minimum absolute atomic E-state index is 0.0471. The molecule has 0 atom stereocenters. The molecule has 1 saturated carbocycles. The van der Waals surface area contributed by atoms with Crippen LogP contribution < -0.4 is 5.32 Å². The van der Waals surface area contributed by atoms with E-state index in [0.717, 1.165) is 23.7 Å². The number of carbonyl (C=O) groups excluding carboxylic acids is 3. The molecule has 2 aliphatic rings. The number of hydrogen-bond donors (Lipinski definition) is 1. The standard InChI is InChI=1S/C17H22F3N5O3/c1-10(2)25-13(17(18,19)20)12(9-21-25)15(27)23-5-7-24(8-6-23)16(28)14(26)22-11-3-4-11/h9-11H,3-8H2,1-2H3,(H,22,26). The van der Waals surface area contributed by atoms with Gasteiger partial charge in [-0.2, -0.15) is 18.3 Å². The van der Waals surface area contributed by atoms with Gasteiger partial charge in [-0.25, -0.2) is 0 Å². The Hall–Kier alpha value is -2.59. The van der Waals surface area contributed by atoms with E-state index in [9.17, 15) is 27.6 Å². The molecular weight excluding hydrogens is 379 g/mol. The maximum absolute atomic E-state index is 13.5. The van der Waals surface area contributed by atoms with Crippen LogP contribution in [0.25, 0.3) is 0 Å². The number of alkyl halides is 3. The second-order valence-electron chi connectivity index (χ2n) is 7.28. The third kappa shape index (κ3) is 4.12. The molecule has 1 aliphatic carbocycles. The van der Waals surface area contributed by atoms with Gasteiger partial charge in [0.25, 0.3) is 5.91 Å². The summed E-state index contributed by atoms with van der Waals surface area (Å²) in [5.74, 6) is -2.14. The third-order valence-electron chi connectivity index (χ3n) is 4.74. The van der Waals surface area contributed by atoms with Crippen LogP contribution in [0.15, 0.2) is 6.20 Å². The SMILES string of the molecule is CC(C)n1ncc(C(=O)N2CCN(C(=O)C(=O)NC3CC3)CC2)c1C(F)(F)F. The highest BCUT2D eigenvalue weighted by molar-refractivity contribution is 6.35. The minimum atomic E-state index is -4.72. The van der Waals surface area contributed by atoms with Crippen molar-refractivity contribution >= 4 is 17.7 Å². The molecule has 0 unspecified atom stereocenters. The van der Waals surface area contributed by atoms with Gasteiger partial charge < -0.3 is 15.1 Å². The maximum Gasteiger partial charge on any atom is 0.433 e. The highest BCUT2D eigenvalue weighted by Crippen LogP contribution is 2.34. The number of nitrogens with one attached hydrogen (secondary N) is 1. The average Bonchev–Trinajstić information content (AvgIpc) is 3.32. The summed E-state index contributed by atoms with van der Waals surface area (Å²) in [6, 6.07) is -0.504. The quantitative estimate of drug-likeness (QED) is 0.767. The van der Waals surface area contributed by atoms with E-state index in [1.165, 1.54) is 9.80 Å². The van der Waals surface area contributed by atoms with Crippen molar-refractivity contribution in [1.29, 1.82) is 0 Å². The number of hydrogen-bond acceptors (Lipinski definition) is 4. The van der Waals surface area contributed by atoms with E-state index >= 15 is 0 Å². The Kier molecular flexibility index (Phi) is 5.35. The molecule has 2 fully saturated rings. The molecule has 1 saturated heterocycles. The summed E-state index contributed by atoms with van der Waals surface area (Å²) >= 11 is 0. The summed E-state index contributed by atoms with van der Waals surface area (Å²) in [6.45, 7) is 3.36. The van der Waals surface area contributed by atoms with Gasteiger partial charge in [0.15, 0.2) is 5.69 Å².